The van der Waals surface area contributed by atoms with Crippen molar-refractivity contribution in [2.75, 3.05) is 19.6 Å². The van der Waals surface area contributed by atoms with Crippen LogP contribution >= 0.6 is 0 Å². The van der Waals surface area contributed by atoms with Crippen molar-refractivity contribution in [3.8, 4) is 0 Å². The zero-order valence-electron chi connectivity index (χ0n) is 9.92. The summed E-state index contributed by atoms with van der Waals surface area (Å²) in [7, 11) is 0. The second-order valence-corrected chi connectivity index (χ2v) is 5.09. The molecular weight excluding hydrogens is 204 g/mol. The normalized spacial score (nSPS) is 24.7. The highest BCUT2D eigenvalue weighted by Gasteiger charge is 2.36. The minimum absolute atomic E-state index is 0.0242. The predicted octanol–water partition coefficient (Wildman–Crippen LogP) is 0.915. The summed E-state index contributed by atoms with van der Waals surface area (Å²) in [6, 6.07) is 0. The second-order valence-electron chi connectivity index (χ2n) is 5.09. The van der Waals surface area contributed by atoms with Crippen molar-refractivity contribution in [1.29, 1.82) is 0 Å². The number of carbonyl (C=O) groups is 2. The zero-order valence-corrected chi connectivity index (χ0v) is 9.92. The van der Waals surface area contributed by atoms with E-state index in [0.29, 0.717) is 0 Å². The van der Waals surface area contributed by atoms with Crippen molar-refractivity contribution in [3.63, 3.8) is 0 Å². The summed E-state index contributed by atoms with van der Waals surface area (Å²) in [5, 5.41) is 2.59. The van der Waals surface area contributed by atoms with Crippen LogP contribution in [0.15, 0.2) is 0 Å². The molecule has 0 bridgehead atoms. The van der Waals surface area contributed by atoms with E-state index < -0.39 is 0 Å². The SMILES string of the molecule is CCC1(CN2CC(=O)NCC2=O)CCCC1. The standard InChI is InChI=1S/C12H20N2O2/c1-2-12(5-3-4-6-12)9-14-8-10(15)13-7-11(14)16/h2-9H2,1H3,(H,13,15). The van der Waals surface area contributed by atoms with Gasteiger partial charge in [0.1, 0.15) is 0 Å². The highest BCUT2D eigenvalue weighted by molar-refractivity contribution is 5.92. The number of nitrogens with zero attached hydrogens (tertiary/aromatic N) is 1. The Morgan fingerprint density at radius 3 is 2.62 bits per heavy atom. The van der Waals surface area contributed by atoms with Crippen molar-refractivity contribution in [2.45, 2.75) is 39.0 Å². The number of hydrogen-bond donors (Lipinski definition) is 1. The monoisotopic (exact) mass is 224 g/mol. The number of piperazine rings is 1. The molecule has 1 heterocycles. The van der Waals surface area contributed by atoms with Crippen molar-refractivity contribution < 1.29 is 9.59 Å². The molecule has 1 saturated heterocycles. The molecule has 0 radical (unpaired) electrons. The van der Waals surface area contributed by atoms with Gasteiger partial charge in [0.2, 0.25) is 11.8 Å². The summed E-state index contributed by atoms with van der Waals surface area (Å²) in [5.41, 5.74) is 0.285. The molecule has 4 nitrogen and oxygen atoms in total. The van der Waals surface area contributed by atoms with Gasteiger partial charge in [-0.25, -0.2) is 0 Å². The Labute approximate surface area is 96.4 Å². The molecule has 2 fully saturated rings. The first-order valence-corrected chi connectivity index (χ1v) is 6.20. The lowest BCUT2D eigenvalue weighted by Gasteiger charge is -2.36. The zero-order chi connectivity index (χ0) is 11.6. The number of hydrogen-bond acceptors (Lipinski definition) is 2. The van der Waals surface area contributed by atoms with Crippen LogP contribution in [0.5, 0.6) is 0 Å². The van der Waals surface area contributed by atoms with Gasteiger partial charge in [0, 0.05) is 6.54 Å². The molecule has 1 saturated carbocycles. The second kappa shape index (κ2) is 4.44. The van der Waals surface area contributed by atoms with Gasteiger partial charge in [0.05, 0.1) is 13.1 Å². The molecule has 0 atom stereocenters. The Bertz CT molecular complexity index is 295. The Hall–Kier alpha value is -1.06. The molecule has 1 N–H and O–H groups in total. The van der Waals surface area contributed by atoms with Gasteiger partial charge in [0.25, 0.3) is 0 Å². The molecule has 90 valence electrons. The molecule has 2 rings (SSSR count). The maximum atomic E-state index is 11.7. The summed E-state index contributed by atoms with van der Waals surface area (Å²) < 4.78 is 0. The third-order valence-corrected chi connectivity index (χ3v) is 4.06. The van der Waals surface area contributed by atoms with Crippen molar-refractivity contribution in [1.82, 2.24) is 10.2 Å². The smallest absolute Gasteiger partial charge is 0.242 e. The van der Waals surface area contributed by atoms with Gasteiger partial charge < -0.3 is 10.2 Å². The fourth-order valence-corrected chi connectivity index (χ4v) is 2.90. The van der Waals surface area contributed by atoms with Crippen molar-refractivity contribution in [2.24, 2.45) is 5.41 Å². The highest BCUT2D eigenvalue weighted by atomic mass is 16.2. The van der Waals surface area contributed by atoms with Crippen LogP contribution in [0, 0.1) is 5.41 Å². The minimum Gasteiger partial charge on any atom is -0.345 e. The number of rotatable bonds is 3. The van der Waals surface area contributed by atoms with E-state index in [0.717, 1.165) is 13.0 Å². The first-order valence-electron chi connectivity index (χ1n) is 6.20. The molecule has 2 amide bonds. The van der Waals surface area contributed by atoms with Gasteiger partial charge in [-0.2, -0.15) is 0 Å². The van der Waals surface area contributed by atoms with E-state index >= 15 is 0 Å². The first kappa shape index (κ1) is 11.4. The van der Waals surface area contributed by atoms with E-state index in [2.05, 4.69) is 12.2 Å². The van der Waals surface area contributed by atoms with Crippen molar-refractivity contribution in [3.05, 3.63) is 0 Å². The fraction of sp³-hybridized carbons (Fsp3) is 0.833. The third kappa shape index (κ3) is 2.20. The van der Waals surface area contributed by atoms with Crippen LogP contribution in [-0.2, 0) is 9.59 Å². The van der Waals surface area contributed by atoms with Gasteiger partial charge in [0.15, 0.2) is 0 Å². The van der Waals surface area contributed by atoms with E-state index in [4.69, 9.17) is 0 Å². The summed E-state index contributed by atoms with van der Waals surface area (Å²) in [6.07, 6.45) is 6.05. The van der Waals surface area contributed by atoms with E-state index in [1.165, 1.54) is 25.7 Å². The van der Waals surface area contributed by atoms with Crippen LogP contribution in [0.2, 0.25) is 0 Å². The molecule has 0 spiro atoms. The molecule has 4 heteroatoms. The Kier molecular flexibility index (Phi) is 3.17. The topological polar surface area (TPSA) is 49.4 Å². The summed E-state index contributed by atoms with van der Waals surface area (Å²) >= 11 is 0. The average Bonchev–Trinajstić information content (AvgIpc) is 2.73. The summed E-state index contributed by atoms with van der Waals surface area (Å²) in [4.78, 5) is 24.7. The first-order chi connectivity index (χ1) is 7.65. The molecule has 16 heavy (non-hydrogen) atoms. The molecule has 0 aromatic carbocycles. The molecule has 1 aliphatic heterocycles. The quantitative estimate of drug-likeness (QED) is 0.775. The number of amides is 2. The maximum Gasteiger partial charge on any atom is 0.242 e. The lowest BCUT2D eigenvalue weighted by Crippen LogP contribution is -2.54. The molecule has 1 aliphatic carbocycles. The van der Waals surface area contributed by atoms with E-state index in [1.807, 2.05) is 0 Å². The minimum atomic E-state index is -0.0242. The van der Waals surface area contributed by atoms with Gasteiger partial charge in [-0.15, -0.1) is 0 Å². The Morgan fingerprint density at radius 2 is 2.00 bits per heavy atom. The molecule has 0 aromatic heterocycles. The van der Waals surface area contributed by atoms with Gasteiger partial charge in [-0.3, -0.25) is 9.59 Å². The lowest BCUT2D eigenvalue weighted by atomic mass is 9.82. The summed E-state index contributed by atoms with van der Waals surface area (Å²) in [6.45, 7) is 3.40. The predicted molar refractivity (Wildman–Crippen MR) is 60.8 cm³/mol. The molecular formula is C12H20N2O2. The van der Waals surface area contributed by atoms with Crippen LogP contribution in [0.3, 0.4) is 0 Å². The highest BCUT2D eigenvalue weighted by Crippen LogP contribution is 2.41. The molecule has 2 aliphatic rings. The third-order valence-electron chi connectivity index (χ3n) is 4.06. The largest absolute Gasteiger partial charge is 0.345 e. The molecule has 0 unspecified atom stereocenters. The van der Waals surface area contributed by atoms with Crippen LogP contribution in [0.25, 0.3) is 0 Å². The van der Waals surface area contributed by atoms with E-state index in [-0.39, 0.29) is 30.3 Å². The van der Waals surface area contributed by atoms with Gasteiger partial charge in [-0.1, -0.05) is 19.8 Å². The van der Waals surface area contributed by atoms with E-state index in [9.17, 15) is 9.59 Å². The average molecular weight is 224 g/mol. The van der Waals surface area contributed by atoms with E-state index in [1.54, 1.807) is 4.90 Å². The maximum absolute atomic E-state index is 11.7. The van der Waals surface area contributed by atoms with Gasteiger partial charge >= 0.3 is 0 Å². The van der Waals surface area contributed by atoms with Crippen LogP contribution in [0.4, 0.5) is 0 Å². The molecule has 0 aromatic rings. The lowest BCUT2D eigenvalue weighted by molar-refractivity contribution is -0.142. The van der Waals surface area contributed by atoms with Crippen molar-refractivity contribution >= 4 is 11.8 Å². The van der Waals surface area contributed by atoms with Crippen LogP contribution in [-0.4, -0.2) is 36.3 Å². The summed E-state index contributed by atoms with van der Waals surface area (Å²) in [5.74, 6) is 0.0446. The number of carbonyl (C=O) groups excluding carboxylic acids is 2. The fourth-order valence-electron chi connectivity index (χ4n) is 2.90. The van der Waals surface area contributed by atoms with Gasteiger partial charge in [-0.05, 0) is 24.7 Å². The Balaban J connectivity index is 2.01. The Morgan fingerprint density at radius 1 is 1.31 bits per heavy atom. The van der Waals surface area contributed by atoms with Crippen LogP contribution in [0.1, 0.15) is 39.0 Å². The van der Waals surface area contributed by atoms with Crippen LogP contribution < -0.4 is 5.32 Å². The number of nitrogens with one attached hydrogen (secondary N) is 1.